The van der Waals surface area contributed by atoms with E-state index in [4.69, 9.17) is 39.1 Å². The number of carbonyl (C=O) groups is 3. The number of ether oxygens (including phenoxy) is 3. The van der Waals surface area contributed by atoms with Crippen LogP contribution < -0.4 is 24.9 Å². The average molecular weight is 1520 g/mol. The van der Waals surface area contributed by atoms with Crippen molar-refractivity contribution in [3.05, 3.63) is 206 Å². The molecule has 1 N–H and O–H groups in total. The maximum atomic E-state index is 14.4. The van der Waals surface area contributed by atoms with Crippen LogP contribution in [0.2, 0.25) is 0 Å². The summed E-state index contributed by atoms with van der Waals surface area (Å²) in [5.41, 5.74) is 13.0. The molecule has 17 rings (SSSR count). The first-order valence-corrected chi connectivity index (χ1v) is 39.5. The van der Waals surface area contributed by atoms with Gasteiger partial charge in [0.15, 0.2) is 28.3 Å². The number of Topliss-reactive ketones (excluding diaryl/α,β-unsaturated/α-hetero) is 3. The third-order valence-electron chi connectivity index (χ3n) is 20.6. The fraction of sp³-hybridized carbons (Fsp3) is 0.395. The molecule has 6 aromatic heterocycles. The highest BCUT2D eigenvalue weighted by atomic mass is 32.1. The molecule has 25 heteroatoms. The number of piperidine rings is 1. The number of allylic oxidation sites excluding steroid dienone is 3. The number of thiazole rings is 1. The number of fused-ring (bicyclic) bond motifs is 4. The van der Waals surface area contributed by atoms with E-state index in [0.29, 0.717) is 137 Å². The molecule has 0 atom stereocenters. The van der Waals surface area contributed by atoms with Crippen LogP contribution in [0.25, 0.3) is 52.0 Å². The van der Waals surface area contributed by atoms with Crippen molar-refractivity contribution < 1.29 is 41.8 Å². The molecule has 9 aromatic rings. The van der Waals surface area contributed by atoms with Gasteiger partial charge in [0.1, 0.15) is 40.7 Å². The van der Waals surface area contributed by atoms with Crippen LogP contribution in [0, 0.1) is 22.9 Å². The van der Waals surface area contributed by atoms with Crippen LogP contribution in [0.1, 0.15) is 140 Å². The first-order valence-electron chi connectivity index (χ1n) is 38.6. The highest BCUT2D eigenvalue weighted by Gasteiger charge is 2.35. The van der Waals surface area contributed by atoms with Gasteiger partial charge in [-0.15, -0.1) is 0 Å². The Hall–Kier alpha value is -10.3. The minimum Gasteiger partial charge on any atom is -0.378 e. The Labute approximate surface area is 650 Å². The normalized spacial score (nSPS) is 16.6. The van der Waals surface area contributed by atoms with Crippen molar-refractivity contribution >= 4 is 75.4 Å². The van der Waals surface area contributed by atoms with E-state index in [9.17, 15) is 27.6 Å². The third kappa shape index (κ3) is 19.9. The summed E-state index contributed by atoms with van der Waals surface area (Å²) in [5.74, 6) is 3.01. The van der Waals surface area contributed by atoms with E-state index in [1.165, 1.54) is 31.4 Å². The van der Waals surface area contributed by atoms with Gasteiger partial charge in [0.2, 0.25) is 5.95 Å². The van der Waals surface area contributed by atoms with Gasteiger partial charge >= 0.3 is 0 Å². The molecule has 111 heavy (non-hydrogen) atoms. The van der Waals surface area contributed by atoms with E-state index in [-0.39, 0.29) is 46.7 Å². The van der Waals surface area contributed by atoms with E-state index < -0.39 is 0 Å². The van der Waals surface area contributed by atoms with Crippen LogP contribution in [0.3, 0.4) is 0 Å². The van der Waals surface area contributed by atoms with Crippen LogP contribution in [-0.4, -0.2) is 186 Å². The number of anilines is 5. The van der Waals surface area contributed by atoms with E-state index in [1.807, 2.05) is 73.8 Å². The maximum absolute atomic E-state index is 14.4. The lowest BCUT2D eigenvalue weighted by molar-refractivity contribution is 0.0913. The summed E-state index contributed by atoms with van der Waals surface area (Å²) < 4.78 is 59.4. The molecule has 3 aromatic carbocycles. The lowest BCUT2D eigenvalue weighted by Crippen LogP contribution is -2.37. The van der Waals surface area contributed by atoms with E-state index in [0.717, 1.165) is 155 Å². The molecule has 21 nitrogen and oxygen atoms in total. The number of aryl methyl sites for hydroxylation is 1. The van der Waals surface area contributed by atoms with E-state index in [1.54, 1.807) is 66.3 Å². The second kappa shape index (κ2) is 36.2. The molecule has 0 bridgehead atoms. The summed E-state index contributed by atoms with van der Waals surface area (Å²) in [6, 6.07) is 22.5. The van der Waals surface area contributed by atoms with Crippen molar-refractivity contribution in [3.63, 3.8) is 0 Å². The van der Waals surface area contributed by atoms with E-state index >= 15 is 0 Å². The Morgan fingerprint density at radius 3 is 1.67 bits per heavy atom. The van der Waals surface area contributed by atoms with Crippen LogP contribution >= 0.6 is 11.3 Å². The molecule has 0 unspecified atom stereocenters. The van der Waals surface area contributed by atoms with Gasteiger partial charge in [0, 0.05) is 150 Å². The molecule has 0 radical (unpaired) electrons. The van der Waals surface area contributed by atoms with Gasteiger partial charge in [-0.2, -0.15) is 4.98 Å². The molecular weight excluding hydrogens is 1430 g/mol. The van der Waals surface area contributed by atoms with Crippen LogP contribution in [0.5, 0.6) is 0 Å². The molecule has 4 saturated heterocycles. The lowest BCUT2D eigenvalue weighted by atomic mass is 9.78. The van der Waals surface area contributed by atoms with Gasteiger partial charge in [-0.25, -0.2) is 43.1 Å². The number of pyridine rings is 2. The number of ketones is 3. The first-order chi connectivity index (χ1) is 54.0. The van der Waals surface area contributed by atoms with Crippen LogP contribution in [-0.2, 0) is 52.7 Å². The number of benzene rings is 3. The molecule has 0 saturated carbocycles. The van der Waals surface area contributed by atoms with Crippen molar-refractivity contribution in [1.29, 1.82) is 0 Å². The topological polar surface area (TPSA) is 223 Å². The largest absolute Gasteiger partial charge is 0.378 e. The fourth-order valence-corrected chi connectivity index (χ4v) is 16.0. The number of rotatable bonds is 20. The van der Waals surface area contributed by atoms with Crippen molar-refractivity contribution in [1.82, 2.24) is 49.8 Å². The zero-order valence-electron chi connectivity index (χ0n) is 63.5. The number of carbonyl (C=O) groups excluding carboxylic acids is 3. The van der Waals surface area contributed by atoms with Crippen LogP contribution in [0.15, 0.2) is 122 Å². The summed E-state index contributed by atoms with van der Waals surface area (Å²) in [6.07, 6.45) is 29.3. The SMILES string of the molecule is CC1(C)CC(=O)c2sc(N3CCCCC3)nc2C1.CN(C)CCCC(=O)c1nc(-c2cc(F)cc3c2C=CC3)cc(N2CCOCC2)n1.Fc1cc2c(c(-c3cc(NCCc4cccnc4)nc(N4CCOCC4)n3)c1)C=CC2.O=C(CCc1nc(-c2cc(F)cc3c2C=CC3)cc(N2CCOCC2)n1)c1cccnc1. The van der Waals surface area contributed by atoms with Gasteiger partial charge in [-0.3, -0.25) is 24.4 Å². The van der Waals surface area contributed by atoms with Crippen molar-refractivity contribution in [2.75, 3.05) is 144 Å². The first kappa shape index (κ1) is 77.4. The molecule has 576 valence electrons. The Kier molecular flexibility index (Phi) is 25.3. The van der Waals surface area contributed by atoms with Gasteiger partial charge in [-0.1, -0.05) is 67.7 Å². The summed E-state index contributed by atoms with van der Waals surface area (Å²) in [5, 5.41) is 4.49. The number of halogens is 3. The minimum absolute atomic E-state index is 0.00499. The molecular formula is C86H94F3N15O6S. The van der Waals surface area contributed by atoms with E-state index in [2.05, 4.69) is 76.9 Å². The number of nitrogens with zero attached hydrogens (tertiary/aromatic N) is 14. The smallest absolute Gasteiger partial charge is 0.228 e. The summed E-state index contributed by atoms with van der Waals surface area (Å²) >= 11 is 1.62. The number of aromatic nitrogens is 9. The highest BCUT2D eigenvalue weighted by molar-refractivity contribution is 7.17. The summed E-state index contributed by atoms with van der Waals surface area (Å²) in [6.45, 7) is 16.2. The Morgan fingerprint density at radius 2 is 1.11 bits per heavy atom. The average Bonchev–Trinajstić information content (AvgIpc) is 1.68. The number of morpholine rings is 3. The van der Waals surface area contributed by atoms with Gasteiger partial charge in [0.05, 0.1) is 67.3 Å². The van der Waals surface area contributed by atoms with Crippen molar-refractivity contribution in [3.8, 4) is 33.8 Å². The second-order valence-electron chi connectivity index (χ2n) is 29.9. The quantitative estimate of drug-likeness (QED) is 0.0700. The van der Waals surface area contributed by atoms with Gasteiger partial charge < -0.3 is 44.0 Å². The van der Waals surface area contributed by atoms with Crippen molar-refractivity contribution in [2.24, 2.45) is 5.41 Å². The van der Waals surface area contributed by atoms with Crippen LogP contribution in [0.4, 0.5) is 41.7 Å². The predicted molar refractivity (Wildman–Crippen MR) is 430 cm³/mol. The Morgan fingerprint density at radius 1 is 0.559 bits per heavy atom. The number of nitrogens with one attached hydrogen (secondary N) is 1. The Balaban J connectivity index is 0.000000125. The third-order valence-corrected chi connectivity index (χ3v) is 21.8. The van der Waals surface area contributed by atoms with Gasteiger partial charge in [0.25, 0.3) is 0 Å². The van der Waals surface area contributed by atoms with Crippen molar-refractivity contribution in [2.45, 2.75) is 97.3 Å². The maximum Gasteiger partial charge on any atom is 0.228 e. The molecule has 10 heterocycles. The fourth-order valence-electron chi connectivity index (χ4n) is 14.9. The molecule has 4 aliphatic heterocycles. The second-order valence-corrected chi connectivity index (χ2v) is 30.9. The molecule has 8 aliphatic rings. The minimum atomic E-state index is -0.294. The predicted octanol–water partition coefficient (Wildman–Crippen LogP) is 14.1. The summed E-state index contributed by atoms with van der Waals surface area (Å²) in [7, 11) is 3.96. The lowest BCUT2D eigenvalue weighted by Gasteiger charge is -2.28. The number of hydrogen-bond donors (Lipinski definition) is 1. The summed E-state index contributed by atoms with van der Waals surface area (Å²) in [4.78, 5) is 90.4. The Bertz CT molecular complexity index is 4900. The zero-order valence-corrected chi connectivity index (χ0v) is 64.4. The number of hydrogen-bond acceptors (Lipinski definition) is 22. The molecule has 0 spiro atoms. The zero-order chi connectivity index (χ0) is 76.8. The molecule has 0 amide bonds. The molecule has 4 aliphatic carbocycles. The monoisotopic (exact) mass is 1520 g/mol. The highest BCUT2D eigenvalue weighted by Crippen LogP contribution is 2.41. The standard InChI is InChI=1S/C25H23FN4O2.C24H24FN5O.C23H27FN4O2.C14H20N2OS/c26-19-13-17-3-1-5-20(17)21(14-19)22-15-25(30-9-11-32-12-10-30)29-24(28-22)7-6-23(31)18-4-2-8-27-16-18;25-19-13-18-4-1-5-20(18)21(14-19)22-15-23(27-8-6-17-3-2-7-26-16-17)29-24(28-22)30-9-11-31-12-10-30;1-27(2)8-4-7-21(29)23-25-20(15-22(26-23)28-9-11-30-12-10-28)19-14-17(24)13-16-5-3-6-18(16)19;1-14(2)8-10-12(11(17)9-14)18-13(15-10)16-6-4-3-5-7-16/h1-2,4-5,8,13-16H,3,6-7,9-12H2;1-3,5,7,13-16H,4,6,8-12H2,(H,27,28,29);3,6,13-15H,4-5,7-12H2,1-2H3;3-9H2,1-2H3. The molecule has 4 fully saturated rings. The van der Waals surface area contributed by atoms with Gasteiger partial charge in [-0.05, 0) is 177 Å².